The molecule has 1 aliphatic rings. The molecular formula is C14H22N2OS. The van der Waals surface area contributed by atoms with Crippen molar-refractivity contribution in [1.29, 1.82) is 0 Å². The fourth-order valence-corrected chi connectivity index (χ4v) is 3.58. The molecule has 2 unspecified atom stereocenters. The quantitative estimate of drug-likeness (QED) is 0.881. The van der Waals surface area contributed by atoms with Gasteiger partial charge in [0, 0.05) is 16.6 Å². The Hall–Kier alpha value is -1.03. The average molecular weight is 266 g/mol. The number of thiophene rings is 1. The van der Waals surface area contributed by atoms with E-state index in [4.69, 9.17) is 5.73 Å². The lowest BCUT2D eigenvalue weighted by Crippen LogP contribution is -2.41. The minimum atomic E-state index is 0.0464. The Morgan fingerprint density at radius 1 is 1.50 bits per heavy atom. The highest BCUT2D eigenvalue weighted by Gasteiger charge is 2.25. The number of hydrogen-bond acceptors (Lipinski definition) is 3. The summed E-state index contributed by atoms with van der Waals surface area (Å²) in [6.45, 7) is 4.16. The van der Waals surface area contributed by atoms with E-state index >= 15 is 0 Å². The third-order valence-electron chi connectivity index (χ3n) is 3.93. The van der Waals surface area contributed by atoms with Gasteiger partial charge in [-0.05, 0) is 31.7 Å². The highest BCUT2D eigenvalue weighted by molar-refractivity contribution is 7.14. The van der Waals surface area contributed by atoms with Crippen LogP contribution >= 0.6 is 11.3 Å². The van der Waals surface area contributed by atoms with Gasteiger partial charge in [0.2, 0.25) is 0 Å². The molecule has 0 aliphatic heterocycles. The molecule has 3 N–H and O–H groups in total. The van der Waals surface area contributed by atoms with Gasteiger partial charge in [-0.3, -0.25) is 4.79 Å². The molecule has 1 saturated carbocycles. The number of nitrogens with two attached hydrogens (primary N) is 1. The van der Waals surface area contributed by atoms with Crippen molar-refractivity contribution in [2.24, 2.45) is 5.92 Å². The van der Waals surface area contributed by atoms with Gasteiger partial charge >= 0.3 is 0 Å². The first-order valence-electron chi connectivity index (χ1n) is 6.78. The summed E-state index contributed by atoms with van der Waals surface area (Å²) >= 11 is 1.48. The lowest BCUT2D eigenvalue weighted by atomic mass is 9.83. The van der Waals surface area contributed by atoms with Crippen LogP contribution in [0.5, 0.6) is 0 Å². The van der Waals surface area contributed by atoms with E-state index in [-0.39, 0.29) is 5.91 Å². The zero-order valence-corrected chi connectivity index (χ0v) is 12.0. The maximum atomic E-state index is 12.2. The molecule has 18 heavy (non-hydrogen) atoms. The van der Waals surface area contributed by atoms with E-state index in [9.17, 15) is 4.79 Å². The second kappa shape index (κ2) is 5.74. The standard InChI is InChI=1S/C14H22N2OS/c1-3-10-6-4-5-7-12(10)16-14(17)13-8-11(15)9(2)18-13/h8,10,12H,3-7,15H2,1-2H3,(H,16,17). The number of anilines is 1. The molecule has 100 valence electrons. The van der Waals surface area contributed by atoms with E-state index in [1.165, 1.54) is 30.6 Å². The average Bonchev–Trinajstić information content (AvgIpc) is 2.70. The van der Waals surface area contributed by atoms with Gasteiger partial charge in [0.1, 0.15) is 0 Å². The van der Waals surface area contributed by atoms with Crippen LogP contribution in [0.3, 0.4) is 0 Å². The van der Waals surface area contributed by atoms with Gasteiger partial charge in [0.15, 0.2) is 0 Å². The first-order valence-corrected chi connectivity index (χ1v) is 7.60. The molecule has 4 heteroatoms. The van der Waals surface area contributed by atoms with Crippen LogP contribution in [0.4, 0.5) is 5.69 Å². The molecule has 3 nitrogen and oxygen atoms in total. The van der Waals surface area contributed by atoms with Gasteiger partial charge in [-0.2, -0.15) is 0 Å². The van der Waals surface area contributed by atoms with Gasteiger partial charge in [0.25, 0.3) is 5.91 Å². The molecule has 1 aromatic rings. The van der Waals surface area contributed by atoms with Gasteiger partial charge in [-0.25, -0.2) is 0 Å². The topological polar surface area (TPSA) is 55.1 Å². The Morgan fingerprint density at radius 3 is 2.83 bits per heavy atom. The van der Waals surface area contributed by atoms with E-state index in [2.05, 4.69) is 12.2 Å². The Morgan fingerprint density at radius 2 is 2.22 bits per heavy atom. The molecule has 1 amide bonds. The number of hydrogen-bond donors (Lipinski definition) is 2. The molecule has 0 spiro atoms. The van der Waals surface area contributed by atoms with Crippen LogP contribution in [0.2, 0.25) is 0 Å². The lowest BCUT2D eigenvalue weighted by Gasteiger charge is -2.31. The maximum absolute atomic E-state index is 12.2. The molecule has 1 aliphatic carbocycles. The summed E-state index contributed by atoms with van der Waals surface area (Å²) in [6.07, 6.45) is 6.04. The summed E-state index contributed by atoms with van der Waals surface area (Å²) in [5, 5.41) is 3.19. The number of carbonyl (C=O) groups excluding carboxylic acids is 1. The highest BCUT2D eigenvalue weighted by atomic mass is 32.1. The Labute approximate surface area is 113 Å². The van der Waals surface area contributed by atoms with Crippen molar-refractivity contribution in [2.75, 3.05) is 5.73 Å². The van der Waals surface area contributed by atoms with Crippen LogP contribution in [-0.4, -0.2) is 11.9 Å². The molecule has 0 bridgehead atoms. The monoisotopic (exact) mass is 266 g/mol. The third-order valence-corrected chi connectivity index (χ3v) is 4.99. The van der Waals surface area contributed by atoms with Crippen LogP contribution in [-0.2, 0) is 0 Å². The van der Waals surface area contributed by atoms with Gasteiger partial charge in [-0.15, -0.1) is 11.3 Å². The molecule has 1 fully saturated rings. The van der Waals surface area contributed by atoms with Crippen LogP contribution < -0.4 is 11.1 Å². The predicted octanol–water partition coefficient (Wildman–Crippen LogP) is 3.34. The first kappa shape index (κ1) is 13.4. The van der Waals surface area contributed by atoms with E-state index in [1.807, 2.05) is 6.92 Å². The molecule has 2 atom stereocenters. The SMILES string of the molecule is CCC1CCCCC1NC(=O)c1cc(N)c(C)s1. The minimum Gasteiger partial charge on any atom is -0.398 e. The molecular weight excluding hydrogens is 244 g/mol. The summed E-state index contributed by atoms with van der Waals surface area (Å²) < 4.78 is 0. The maximum Gasteiger partial charge on any atom is 0.261 e. The Kier molecular flexibility index (Phi) is 4.27. The summed E-state index contributed by atoms with van der Waals surface area (Å²) in [6, 6.07) is 2.14. The Balaban J connectivity index is 2.01. The normalized spacial score (nSPS) is 23.9. The molecule has 0 aromatic carbocycles. The fourth-order valence-electron chi connectivity index (χ4n) is 2.73. The predicted molar refractivity (Wildman–Crippen MR) is 77.0 cm³/mol. The molecule has 0 saturated heterocycles. The molecule has 0 radical (unpaired) electrons. The van der Waals surface area contributed by atoms with E-state index in [1.54, 1.807) is 6.07 Å². The van der Waals surface area contributed by atoms with Crippen molar-refractivity contribution in [2.45, 2.75) is 52.0 Å². The summed E-state index contributed by atoms with van der Waals surface area (Å²) in [4.78, 5) is 13.9. The van der Waals surface area contributed by atoms with Crippen LogP contribution in [0.15, 0.2) is 6.07 Å². The van der Waals surface area contributed by atoms with E-state index in [0.29, 0.717) is 12.0 Å². The highest BCUT2D eigenvalue weighted by Crippen LogP contribution is 2.28. The zero-order chi connectivity index (χ0) is 13.1. The van der Waals surface area contributed by atoms with E-state index < -0.39 is 0 Å². The largest absolute Gasteiger partial charge is 0.398 e. The van der Waals surface area contributed by atoms with Crippen molar-refractivity contribution in [1.82, 2.24) is 5.32 Å². The van der Waals surface area contributed by atoms with Crippen molar-refractivity contribution in [3.8, 4) is 0 Å². The molecule has 2 rings (SSSR count). The molecule has 1 heterocycles. The summed E-state index contributed by atoms with van der Waals surface area (Å²) in [5.41, 5.74) is 6.52. The van der Waals surface area contributed by atoms with Crippen LogP contribution in [0.1, 0.15) is 53.6 Å². The van der Waals surface area contributed by atoms with Crippen LogP contribution in [0, 0.1) is 12.8 Å². The lowest BCUT2D eigenvalue weighted by molar-refractivity contribution is 0.0909. The number of nitrogens with one attached hydrogen (secondary N) is 1. The zero-order valence-electron chi connectivity index (χ0n) is 11.2. The fraction of sp³-hybridized carbons (Fsp3) is 0.643. The van der Waals surface area contributed by atoms with Crippen molar-refractivity contribution >= 4 is 22.9 Å². The van der Waals surface area contributed by atoms with Crippen molar-refractivity contribution in [3.05, 3.63) is 15.8 Å². The van der Waals surface area contributed by atoms with Gasteiger partial charge in [0.05, 0.1) is 4.88 Å². The van der Waals surface area contributed by atoms with Crippen molar-refractivity contribution < 1.29 is 4.79 Å². The third kappa shape index (κ3) is 2.86. The van der Waals surface area contributed by atoms with Crippen molar-refractivity contribution in [3.63, 3.8) is 0 Å². The van der Waals surface area contributed by atoms with E-state index in [0.717, 1.165) is 28.3 Å². The number of nitrogen functional groups attached to an aromatic ring is 1. The molecule has 1 aromatic heterocycles. The Bertz CT molecular complexity index is 408. The second-order valence-electron chi connectivity index (χ2n) is 5.15. The number of rotatable bonds is 3. The smallest absolute Gasteiger partial charge is 0.261 e. The number of amides is 1. The second-order valence-corrected chi connectivity index (χ2v) is 6.41. The minimum absolute atomic E-state index is 0.0464. The summed E-state index contributed by atoms with van der Waals surface area (Å²) in [7, 11) is 0. The van der Waals surface area contributed by atoms with Gasteiger partial charge in [-0.1, -0.05) is 26.2 Å². The summed E-state index contributed by atoms with van der Waals surface area (Å²) in [5.74, 6) is 0.686. The number of carbonyl (C=O) groups is 1. The van der Waals surface area contributed by atoms with Gasteiger partial charge < -0.3 is 11.1 Å². The van der Waals surface area contributed by atoms with Crippen LogP contribution in [0.25, 0.3) is 0 Å². The first-order chi connectivity index (χ1) is 8.61. The number of aryl methyl sites for hydroxylation is 1.